The summed E-state index contributed by atoms with van der Waals surface area (Å²) in [6.07, 6.45) is 4.95. The van der Waals surface area contributed by atoms with Crippen LogP contribution in [0.4, 0.5) is 0 Å². The fraction of sp³-hybridized carbons (Fsp3) is 0.619. The Hall–Kier alpha value is -1.70. The average molecular weight is 341 g/mol. The quantitative estimate of drug-likeness (QED) is 0.807. The second kappa shape index (κ2) is 7.27. The van der Waals surface area contributed by atoms with E-state index in [0.717, 1.165) is 31.2 Å². The first kappa shape index (κ1) is 18.1. The second-order valence-electron chi connectivity index (χ2n) is 7.91. The van der Waals surface area contributed by atoms with E-state index < -0.39 is 5.79 Å². The van der Waals surface area contributed by atoms with E-state index in [9.17, 15) is 4.79 Å². The molecule has 25 heavy (non-hydrogen) atoms. The van der Waals surface area contributed by atoms with Crippen molar-refractivity contribution in [3.63, 3.8) is 0 Å². The molecule has 0 radical (unpaired) electrons. The SMILES string of the molecule is CC(=O)CC[C@H]1CCC2OC(C)(C)O[C@H](c3ccc(C#N)cc3)C2C1. The molecule has 3 rings (SSSR count). The molecule has 2 aliphatic rings. The maximum atomic E-state index is 11.3. The first-order valence-corrected chi connectivity index (χ1v) is 9.23. The van der Waals surface area contributed by atoms with Crippen LogP contribution in [0.2, 0.25) is 0 Å². The van der Waals surface area contributed by atoms with Crippen molar-refractivity contribution in [2.75, 3.05) is 0 Å². The monoisotopic (exact) mass is 341 g/mol. The lowest BCUT2D eigenvalue weighted by molar-refractivity contribution is -0.331. The number of hydrogen-bond acceptors (Lipinski definition) is 4. The molecule has 1 aromatic carbocycles. The fourth-order valence-corrected chi connectivity index (χ4v) is 4.25. The van der Waals surface area contributed by atoms with Crippen LogP contribution in [0.25, 0.3) is 0 Å². The molecule has 1 aliphatic heterocycles. The van der Waals surface area contributed by atoms with Gasteiger partial charge in [0.25, 0.3) is 0 Å². The van der Waals surface area contributed by atoms with Crippen LogP contribution in [-0.4, -0.2) is 17.7 Å². The molecule has 1 saturated carbocycles. The zero-order chi connectivity index (χ0) is 18.0. The minimum Gasteiger partial charge on any atom is -0.347 e. The lowest BCUT2D eigenvalue weighted by atomic mass is 9.73. The predicted octanol–water partition coefficient (Wildman–Crippen LogP) is 4.54. The number of carbonyl (C=O) groups is 1. The summed E-state index contributed by atoms with van der Waals surface area (Å²) in [4.78, 5) is 11.3. The Morgan fingerprint density at radius 3 is 2.60 bits per heavy atom. The molecule has 0 spiro atoms. The highest BCUT2D eigenvalue weighted by Crippen LogP contribution is 2.48. The van der Waals surface area contributed by atoms with Gasteiger partial charge < -0.3 is 14.3 Å². The van der Waals surface area contributed by atoms with Crippen LogP contribution in [0.3, 0.4) is 0 Å². The molecule has 1 aliphatic carbocycles. The molecule has 134 valence electrons. The molecule has 1 aromatic rings. The molecule has 4 heteroatoms. The van der Waals surface area contributed by atoms with Crippen LogP contribution in [0, 0.1) is 23.2 Å². The minimum atomic E-state index is -0.605. The third-order valence-corrected chi connectivity index (χ3v) is 5.45. The number of nitrogens with zero attached hydrogens (tertiary/aromatic N) is 1. The molecule has 0 bridgehead atoms. The zero-order valence-electron chi connectivity index (χ0n) is 15.3. The molecular formula is C21H27NO3. The Labute approximate surface area is 150 Å². The van der Waals surface area contributed by atoms with Gasteiger partial charge in [-0.25, -0.2) is 0 Å². The lowest BCUT2D eigenvalue weighted by Gasteiger charge is -2.49. The summed E-state index contributed by atoms with van der Waals surface area (Å²) in [5.74, 6) is 0.514. The van der Waals surface area contributed by atoms with Gasteiger partial charge in [-0.05, 0) is 70.1 Å². The normalized spacial score (nSPS) is 31.0. The maximum absolute atomic E-state index is 11.3. The molecule has 4 nitrogen and oxygen atoms in total. The van der Waals surface area contributed by atoms with E-state index in [4.69, 9.17) is 14.7 Å². The van der Waals surface area contributed by atoms with Gasteiger partial charge in [0.2, 0.25) is 0 Å². The summed E-state index contributed by atoms with van der Waals surface area (Å²) in [6.45, 7) is 5.62. The van der Waals surface area contributed by atoms with Gasteiger partial charge in [-0.2, -0.15) is 5.26 Å². The number of carbonyl (C=O) groups excluding carboxylic acids is 1. The Morgan fingerprint density at radius 1 is 1.24 bits per heavy atom. The van der Waals surface area contributed by atoms with Gasteiger partial charge in [-0.1, -0.05) is 12.1 Å². The first-order chi connectivity index (χ1) is 11.9. The maximum Gasteiger partial charge on any atom is 0.163 e. The van der Waals surface area contributed by atoms with Gasteiger partial charge in [-0.15, -0.1) is 0 Å². The van der Waals surface area contributed by atoms with Crippen LogP contribution < -0.4 is 0 Å². The van der Waals surface area contributed by atoms with E-state index in [1.807, 2.05) is 38.1 Å². The van der Waals surface area contributed by atoms with Crippen molar-refractivity contribution in [3.8, 4) is 6.07 Å². The second-order valence-corrected chi connectivity index (χ2v) is 7.91. The first-order valence-electron chi connectivity index (χ1n) is 9.23. The van der Waals surface area contributed by atoms with Crippen molar-refractivity contribution < 1.29 is 14.3 Å². The average Bonchev–Trinajstić information content (AvgIpc) is 2.58. The number of hydrogen-bond donors (Lipinski definition) is 0. The highest BCUT2D eigenvalue weighted by molar-refractivity contribution is 5.75. The van der Waals surface area contributed by atoms with Gasteiger partial charge in [-0.3, -0.25) is 0 Å². The number of nitriles is 1. The van der Waals surface area contributed by atoms with Crippen LogP contribution in [0.1, 0.15) is 70.1 Å². The van der Waals surface area contributed by atoms with Gasteiger partial charge in [0.05, 0.1) is 23.8 Å². The number of fused-ring (bicyclic) bond motifs is 1. The molecule has 0 aromatic heterocycles. The molecule has 1 heterocycles. The van der Waals surface area contributed by atoms with Crippen molar-refractivity contribution in [3.05, 3.63) is 35.4 Å². The Morgan fingerprint density at radius 2 is 1.96 bits per heavy atom. The highest BCUT2D eigenvalue weighted by atomic mass is 16.7. The smallest absolute Gasteiger partial charge is 0.163 e. The van der Waals surface area contributed by atoms with Crippen LogP contribution in [0.5, 0.6) is 0 Å². The van der Waals surface area contributed by atoms with Crippen molar-refractivity contribution in [2.24, 2.45) is 11.8 Å². The van der Waals surface area contributed by atoms with Crippen molar-refractivity contribution in [1.82, 2.24) is 0 Å². The summed E-state index contributed by atoms with van der Waals surface area (Å²) in [5.41, 5.74) is 1.77. The predicted molar refractivity (Wildman–Crippen MR) is 94.7 cm³/mol. The molecular weight excluding hydrogens is 314 g/mol. The topological polar surface area (TPSA) is 59.3 Å². The van der Waals surface area contributed by atoms with Crippen LogP contribution >= 0.6 is 0 Å². The van der Waals surface area contributed by atoms with Gasteiger partial charge in [0.1, 0.15) is 5.78 Å². The van der Waals surface area contributed by atoms with Crippen molar-refractivity contribution in [2.45, 2.75) is 70.9 Å². The molecule has 2 fully saturated rings. The number of Topliss-reactive ketones (excluding diaryl/α,β-unsaturated/α-hetero) is 1. The molecule has 4 atom stereocenters. The highest BCUT2D eigenvalue weighted by Gasteiger charge is 2.46. The lowest BCUT2D eigenvalue weighted by Crippen LogP contribution is -2.49. The summed E-state index contributed by atoms with van der Waals surface area (Å²) < 4.78 is 12.5. The van der Waals surface area contributed by atoms with Crippen LogP contribution in [-0.2, 0) is 14.3 Å². The summed E-state index contributed by atoms with van der Waals surface area (Å²) >= 11 is 0. The molecule has 1 saturated heterocycles. The Bertz CT molecular complexity index is 659. The van der Waals surface area contributed by atoms with Gasteiger partial charge in [0.15, 0.2) is 5.79 Å². The number of ether oxygens (including phenoxy) is 2. The Kier molecular flexibility index (Phi) is 5.27. The third-order valence-electron chi connectivity index (χ3n) is 5.45. The minimum absolute atomic E-state index is 0.0263. The number of ketones is 1. The van der Waals surface area contributed by atoms with Gasteiger partial charge in [0, 0.05) is 12.3 Å². The number of benzene rings is 1. The standard InChI is InChI=1S/C21H27NO3/c1-14(23)4-5-15-8-11-19-18(12-15)20(25-21(2,3)24-19)17-9-6-16(13-22)7-10-17/h6-7,9-10,15,18-20H,4-5,8,11-12H2,1-3H3/t15-,18?,19?,20+/m0/s1. The zero-order valence-corrected chi connectivity index (χ0v) is 15.3. The Balaban J connectivity index is 1.80. The van der Waals surface area contributed by atoms with Crippen molar-refractivity contribution in [1.29, 1.82) is 5.26 Å². The molecule has 0 N–H and O–H groups in total. The molecule has 0 amide bonds. The van der Waals surface area contributed by atoms with E-state index in [0.29, 0.717) is 23.8 Å². The van der Waals surface area contributed by atoms with Crippen LogP contribution in [0.15, 0.2) is 24.3 Å². The largest absolute Gasteiger partial charge is 0.347 e. The van der Waals surface area contributed by atoms with E-state index in [-0.39, 0.29) is 18.0 Å². The van der Waals surface area contributed by atoms with E-state index >= 15 is 0 Å². The van der Waals surface area contributed by atoms with Gasteiger partial charge >= 0.3 is 0 Å². The fourth-order valence-electron chi connectivity index (χ4n) is 4.25. The third kappa shape index (κ3) is 4.29. The van der Waals surface area contributed by atoms with E-state index in [1.54, 1.807) is 6.92 Å². The van der Waals surface area contributed by atoms with E-state index in [2.05, 4.69) is 6.07 Å². The summed E-state index contributed by atoms with van der Waals surface area (Å²) in [5, 5.41) is 9.02. The van der Waals surface area contributed by atoms with Crippen molar-refractivity contribution >= 4 is 5.78 Å². The molecule has 2 unspecified atom stereocenters. The van der Waals surface area contributed by atoms with E-state index in [1.165, 1.54) is 0 Å². The number of rotatable bonds is 4. The summed E-state index contributed by atoms with van der Waals surface area (Å²) in [6, 6.07) is 9.88. The summed E-state index contributed by atoms with van der Waals surface area (Å²) in [7, 11) is 0.